The van der Waals surface area contributed by atoms with Crippen molar-refractivity contribution >= 4 is 0 Å². The molecule has 1 fully saturated rings. The molecule has 6 nitrogen and oxygen atoms in total. The minimum absolute atomic E-state index is 0.328. The lowest BCUT2D eigenvalue weighted by Gasteiger charge is -2.42. The monoisotopic (exact) mass is 396 g/mol. The molecule has 1 saturated heterocycles. The normalized spacial score (nSPS) is 28.9. The summed E-state index contributed by atoms with van der Waals surface area (Å²) in [6.07, 6.45) is -8.48. The van der Waals surface area contributed by atoms with Crippen molar-refractivity contribution in [2.45, 2.75) is 43.5 Å². The smallest absolute Gasteiger partial charge is 0.126 e. The number of aliphatic hydroxyl groups excluding tert-OH is 5. The number of rotatable bonds is 4. The van der Waals surface area contributed by atoms with E-state index in [4.69, 9.17) is 4.74 Å². The number of aliphatic hydroxyl groups is 5. The van der Waals surface area contributed by atoms with E-state index >= 15 is 0 Å². The summed E-state index contributed by atoms with van der Waals surface area (Å²) in [5.74, 6) is -1.42. The van der Waals surface area contributed by atoms with E-state index in [0.29, 0.717) is 22.3 Å². The Labute approximate surface area is 160 Å². The molecule has 0 aromatic heterocycles. The predicted molar refractivity (Wildman–Crippen MR) is 95.3 cm³/mol. The average Bonchev–Trinajstić information content (AvgIpc) is 2.65. The van der Waals surface area contributed by atoms with Crippen molar-refractivity contribution in [3.63, 3.8) is 0 Å². The van der Waals surface area contributed by atoms with E-state index in [9.17, 15) is 34.3 Å². The molecule has 6 atom stereocenters. The van der Waals surface area contributed by atoms with E-state index in [0.717, 1.165) is 6.07 Å². The van der Waals surface area contributed by atoms with Gasteiger partial charge in [0.15, 0.2) is 0 Å². The first-order valence-electron chi connectivity index (χ1n) is 8.78. The lowest BCUT2D eigenvalue weighted by Crippen LogP contribution is -2.59. The standard InChI is InChI=1S/C20H22F2O6/c1-9-4-10(11-5-12(21)7-13(22)6-11)2-3-14(9)16(24)20-19(27)18(26)17(25)15(8-23)28-20/h2-7,15-20,23-27H,8H2,1H3/t15?,16-,17?,18?,19?,20?/m1/s1. The number of halogens is 2. The molecular weight excluding hydrogens is 374 g/mol. The highest BCUT2D eigenvalue weighted by atomic mass is 19.1. The Morgan fingerprint density at radius 1 is 0.929 bits per heavy atom. The van der Waals surface area contributed by atoms with Gasteiger partial charge in [-0.3, -0.25) is 0 Å². The minimum atomic E-state index is -1.60. The van der Waals surface area contributed by atoms with Crippen molar-refractivity contribution < 1.29 is 39.1 Å². The third-order valence-electron chi connectivity index (χ3n) is 5.02. The van der Waals surface area contributed by atoms with Crippen LogP contribution in [0, 0.1) is 18.6 Å². The van der Waals surface area contributed by atoms with Gasteiger partial charge in [0, 0.05) is 6.07 Å². The van der Waals surface area contributed by atoms with Crippen LogP contribution in [0.25, 0.3) is 11.1 Å². The molecule has 5 N–H and O–H groups in total. The summed E-state index contributed by atoms with van der Waals surface area (Å²) in [5, 5.41) is 49.9. The highest BCUT2D eigenvalue weighted by molar-refractivity contribution is 5.65. The average molecular weight is 396 g/mol. The number of hydrogen-bond acceptors (Lipinski definition) is 6. The highest BCUT2D eigenvalue weighted by Gasteiger charge is 2.46. The number of benzene rings is 2. The summed E-state index contributed by atoms with van der Waals surface area (Å²) in [6.45, 7) is 1.07. The number of hydrogen-bond donors (Lipinski definition) is 5. The fourth-order valence-corrected chi connectivity index (χ4v) is 3.48. The summed E-state index contributed by atoms with van der Waals surface area (Å²) in [6, 6.07) is 7.85. The van der Waals surface area contributed by atoms with Crippen LogP contribution >= 0.6 is 0 Å². The summed E-state index contributed by atoms with van der Waals surface area (Å²) in [4.78, 5) is 0. The molecule has 0 spiro atoms. The van der Waals surface area contributed by atoms with Crippen molar-refractivity contribution in [3.8, 4) is 11.1 Å². The van der Waals surface area contributed by atoms with Gasteiger partial charge in [-0.2, -0.15) is 0 Å². The van der Waals surface area contributed by atoms with Crippen LogP contribution in [0.2, 0.25) is 0 Å². The van der Waals surface area contributed by atoms with E-state index in [1.807, 2.05) is 0 Å². The zero-order valence-electron chi connectivity index (χ0n) is 15.0. The van der Waals surface area contributed by atoms with Gasteiger partial charge in [-0.1, -0.05) is 18.2 Å². The van der Waals surface area contributed by atoms with E-state index in [2.05, 4.69) is 0 Å². The summed E-state index contributed by atoms with van der Waals surface area (Å²) in [5.41, 5.74) is 1.78. The van der Waals surface area contributed by atoms with Gasteiger partial charge in [0.2, 0.25) is 0 Å². The molecule has 8 heteroatoms. The van der Waals surface area contributed by atoms with Gasteiger partial charge in [0.05, 0.1) is 6.61 Å². The minimum Gasteiger partial charge on any atom is -0.394 e. The fraction of sp³-hybridized carbons (Fsp3) is 0.400. The molecule has 0 bridgehead atoms. The van der Waals surface area contributed by atoms with Gasteiger partial charge in [0.1, 0.15) is 48.3 Å². The van der Waals surface area contributed by atoms with Crippen molar-refractivity contribution in [1.29, 1.82) is 0 Å². The van der Waals surface area contributed by atoms with Gasteiger partial charge >= 0.3 is 0 Å². The van der Waals surface area contributed by atoms with Crippen molar-refractivity contribution in [2.24, 2.45) is 0 Å². The van der Waals surface area contributed by atoms with Crippen LogP contribution in [-0.2, 0) is 4.74 Å². The van der Waals surface area contributed by atoms with E-state index in [-0.39, 0.29) is 0 Å². The number of ether oxygens (including phenoxy) is 1. The fourth-order valence-electron chi connectivity index (χ4n) is 3.48. The largest absolute Gasteiger partial charge is 0.394 e. The lowest BCUT2D eigenvalue weighted by atomic mass is 9.88. The van der Waals surface area contributed by atoms with Crippen LogP contribution in [0.5, 0.6) is 0 Å². The van der Waals surface area contributed by atoms with Crippen LogP contribution in [0.15, 0.2) is 36.4 Å². The van der Waals surface area contributed by atoms with Crippen LogP contribution < -0.4 is 0 Å². The zero-order valence-corrected chi connectivity index (χ0v) is 15.0. The van der Waals surface area contributed by atoms with Crippen LogP contribution in [0.1, 0.15) is 17.2 Å². The predicted octanol–water partition coefficient (Wildman–Crippen LogP) is 0.816. The summed E-state index contributed by atoms with van der Waals surface area (Å²) < 4.78 is 32.3. The Hall–Kier alpha value is -1.94. The SMILES string of the molecule is Cc1cc(-c2cc(F)cc(F)c2)ccc1[C@@H](O)C1OC(CO)C(O)C(O)C1O. The van der Waals surface area contributed by atoms with Gasteiger partial charge in [-0.05, 0) is 41.3 Å². The van der Waals surface area contributed by atoms with E-state index in [1.165, 1.54) is 18.2 Å². The molecule has 5 unspecified atom stereocenters. The lowest BCUT2D eigenvalue weighted by molar-refractivity contribution is -0.250. The Bertz CT molecular complexity index is 823. The third-order valence-corrected chi connectivity index (χ3v) is 5.02. The highest BCUT2D eigenvalue weighted by Crippen LogP contribution is 2.33. The Morgan fingerprint density at radius 3 is 2.14 bits per heavy atom. The molecule has 1 aliphatic rings. The topological polar surface area (TPSA) is 110 Å². The maximum atomic E-state index is 13.5. The molecule has 3 rings (SSSR count). The van der Waals surface area contributed by atoms with Gasteiger partial charge < -0.3 is 30.3 Å². The van der Waals surface area contributed by atoms with Crippen molar-refractivity contribution in [3.05, 3.63) is 59.2 Å². The second-order valence-corrected chi connectivity index (χ2v) is 6.97. The van der Waals surface area contributed by atoms with Gasteiger partial charge in [-0.25, -0.2) is 8.78 Å². The molecule has 2 aromatic carbocycles. The Balaban J connectivity index is 1.89. The second kappa shape index (κ2) is 8.20. The molecule has 1 heterocycles. The molecule has 1 aliphatic heterocycles. The molecular formula is C20H22F2O6. The molecule has 152 valence electrons. The number of aryl methyl sites for hydroxylation is 1. The first-order valence-corrected chi connectivity index (χ1v) is 8.78. The van der Waals surface area contributed by atoms with Crippen molar-refractivity contribution in [2.75, 3.05) is 6.61 Å². The van der Waals surface area contributed by atoms with Crippen molar-refractivity contribution in [1.82, 2.24) is 0 Å². The first-order chi connectivity index (χ1) is 13.2. The molecule has 0 saturated carbocycles. The third kappa shape index (κ3) is 3.93. The Morgan fingerprint density at radius 2 is 1.57 bits per heavy atom. The molecule has 0 aliphatic carbocycles. The summed E-state index contributed by atoms with van der Waals surface area (Å²) in [7, 11) is 0. The van der Waals surface area contributed by atoms with Gasteiger partial charge in [0.25, 0.3) is 0 Å². The molecule has 2 aromatic rings. The maximum absolute atomic E-state index is 13.5. The van der Waals surface area contributed by atoms with Crippen LogP contribution in [0.4, 0.5) is 8.78 Å². The quantitative estimate of drug-likeness (QED) is 0.523. The van der Waals surface area contributed by atoms with Gasteiger partial charge in [-0.15, -0.1) is 0 Å². The molecule has 0 amide bonds. The van der Waals surface area contributed by atoms with E-state index < -0.39 is 54.9 Å². The van der Waals surface area contributed by atoms with E-state index in [1.54, 1.807) is 19.1 Å². The summed E-state index contributed by atoms with van der Waals surface area (Å²) >= 11 is 0. The molecule has 0 radical (unpaired) electrons. The first kappa shape index (κ1) is 20.8. The van der Waals surface area contributed by atoms with Crippen LogP contribution in [-0.4, -0.2) is 62.7 Å². The van der Waals surface area contributed by atoms with Crippen LogP contribution in [0.3, 0.4) is 0 Å². The zero-order chi connectivity index (χ0) is 20.6. The molecule has 28 heavy (non-hydrogen) atoms. The maximum Gasteiger partial charge on any atom is 0.126 e. The second-order valence-electron chi connectivity index (χ2n) is 6.97. The Kier molecular flexibility index (Phi) is 6.09.